The van der Waals surface area contributed by atoms with Crippen molar-refractivity contribution in [2.45, 2.75) is 39.7 Å². The van der Waals surface area contributed by atoms with E-state index in [-0.39, 0.29) is 5.91 Å². The highest BCUT2D eigenvalue weighted by molar-refractivity contribution is 5.94. The Hall–Kier alpha value is -2.11. The van der Waals surface area contributed by atoms with Crippen LogP contribution in [-0.2, 0) is 20.0 Å². The summed E-state index contributed by atoms with van der Waals surface area (Å²) in [5.74, 6) is 1.09. The monoisotopic (exact) mass is 303 g/mol. The first kappa shape index (κ1) is 16.3. The summed E-state index contributed by atoms with van der Waals surface area (Å²) in [7, 11) is 3.83. The van der Waals surface area contributed by atoms with Crippen LogP contribution in [0.2, 0.25) is 0 Å². The van der Waals surface area contributed by atoms with Gasteiger partial charge in [-0.3, -0.25) is 9.48 Å². The minimum atomic E-state index is 0.0414. The molecule has 2 aromatic heterocycles. The molecule has 0 aromatic carbocycles. The Morgan fingerprint density at radius 3 is 2.82 bits per heavy atom. The van der Waals surface area contributed by atoms with Crippen molar-refractivity contribution >= 4 is 5.91 Å². The Labute approximate surface area is 131 Å². The Morgan fingerprint density at radius 2 is 2.18 bits per heavy atom. The van der Waals surface area contributed by atoms with Crippen molar-refractivity contribution in [2.75, 3.05) is 13.6 Å². The molecule has 0 radical (unpaired) electrons. The molecule has 0 aliphatic carbocycles. The average Bonchev–Trinajstić information content (AvgIpc) is 3.05. The van der Waals surface area contributed by atoms with E-state index in [0.29, 0.717) is 12.1 Å². The van der Waals surface area contributed by atoms with E-state index in [1.165, 1.54) is 0 Å². The topological polar surface area (TPSA) is 56.0 Å². The average molecular weight is 303 g/mol. The van der Waals surface area contributed by atoms with Crippen molar-refractivity contribution in [3.05, 3.63) is 35.7 Å². The zero-order valence-corrected chi connectivity index (χ0v) is 13.9. The van der Waals surface area contributed by atoms with E-state index in [1.54, 1.807) is 11.1 Å². The van der Waals surface area contributed by atoms with Crippen molar-refractivity contribution in [2.24, 2.45) is 7.05 Å². The molecule has 6 heteroatoms. The molecule has 6 nitrogen and oxygen atoms in total. The number of hydrogen-bond donors (Lipinski definition) is 0. The highest BCUT2D eigenvalue weighted by atomic mass is 16.2. The van der Waals surface area contributed by atoms with Crippen LogP contribution in [0.25, 0.3) is 0 Å². The first-order chi connectivity index (χ1) is 10.5. The molecule has 0 atom stereocenters. The van der Waals surface area contributed by atoms with Gasteiger partial charge in [0.25, 0.3) is 5.91 Å². The summed E-state index contributed by atoms with van der Waals surface area (Å²) in [5, 5.41) is 4.39. The summed E-state index contributed by atoms with van der Waals surface area (Å²) < 4.78 is 3.87. The van der Waals surface area contributed by atoms with E-state index in [9.17, 15) is 4.79 Å². The highest BCUT2D eigenvalue weighted by Gasteiger charge is 2.17. The molecule has 0 fully saturated rings. The Bertz CT molecular complexity index is 628. The summed E-state index contributed by atoms with van der Waals surface area (Å²) in [5.41, 5.74) is 1.50. The fourth-order valence-electron chi connectivity index (χ4n) is 2.49. The molecule has 0 aliphatic rings. The number of aromatic nitrogens is 4. The summed E-state index contributed by atoms with van der Waals surface area (Å²) in [6.07, 6.45) is 8.38. The van der Waals surface area contributed by atoms with Crippen LogP contribution in [0.4, 0.5) is 0 Å². The van der Waals surface area contributed by atoms with E-state index in [4.69, 9.17) is 0 Å². The number of imidazole rings is 1. The van der Waals surface area contributed by atoms with E-state index in [0.717, 1.165) is 37.3 Å². The van der Waals surface area contributed by atoms with Gasteiger partial charge in [0.2, 0.25) is 0 Å². The summed E-state index contributed by atoms with van der Waals surface area (Å²) in [6.45, 7) is 5.55. The SMILES string of the molecule is CCCn1cc(C(=O)N(C)CCCc2nccn2C)c(C)n1. The molecule has 22 heavy (non-hydrogen) atoms. The number of carbonyl (C=O) groups is 1. The zero-order valence-electron chi connectivity index (χ0n) is 13.9. The van der Waals surface area contributed by atoms with Crippen molar-refractivity contribution in [3.8, 4) is 0 Å². The number of carbonyl (C=O) groups excluding carboxylic acids is 1. The fraction of sp³-hybridized carbons (Fsp3) is 0.562. The first-order valence-electron chi connectivity index (χ1n) is 7.78. The van der Waals surface area contributed by atoms with E-state index in [1.807, 2.05) is 42.7 Å². The Morgan fingerprint density at radius 1 is 1.41 bits per heavy atom. The van der Waals surface area contributed by atoms with Gasteiger partial charge >= 0.3 is 0 Å². The summed E-state index contributed by atoms with van der Waals surface area (Å²) in [4.78, 5) is 18.6. The lowest BCUT2D eigenvalue weighted by Gasteiger charge is -2.16. The van der Waals surface area contributed by atoms with Gasteiger partial charge in [0, 0.05) is 52.2 Å². The van der Waals surface area contributed by atoms with E-state index >= 15 is 0 Å². The van der Waals surface area contributed by atoms with Gasteiger partial charge < -0.3 is 9.47 Å². The molecule has 0 spiro atoms. The van der Waals surface area contributed by atoms with Crippen LogP contribution >= 0.6 is 0 Å². The molecule has 2 aromatic rings. The maximum Gasteiger partial charge on any atom is 0.257 e. The number of amides is 1. The smallest absolute Gasteiger partial charge is 0.257 e. The molecule has 2 heterocycles. The number of hydrogen-bond acceptors (Lipinski definition) is 3. The standard InChI is InChI=1S/C16H25N5O/c1-5-9-21-12-14(13(2)18-21)16(22)20(4)10-6-7-15-17-8-11-19(15)3/h8,11-12H,5-7,9-10H2,1-4H3. The van der Waals surface area contributed by atoms with Crippen molar-refractivity contribution < 1.29 is 4.79 Å². The normalized spacial score (nSPS) is 10.9. The molecule has 120 valence electrons. The molecular formula is C16H25N5O. The van der Waals surface area contributed by atoms with Crippen LogP contribution in [0.15, 0.2) is 18.6 Å². The minimum absolute atomic E-state index is 0.0414. The van der Waals surface area contributed by atoms with Crippen LogP contribution in [-0.4, -0.2) is 43.7 Å². The molecule has 0 N–H and O–H groups in total. The highest BCUT2D eigenvalue weighted by Crippen LogP contribution is 2.10. The molecule has 0 unspecified atom stereocenters. The minimum Gasteiger partial charge on any atom is -0.342 e. The van der Waals surface area contributed by atoms with Gasteiger partial charge in [-0.05, 0) is 19.8 Å². The second-order valence-electron chi connectivity index (χ2n) is 5.68. The number of aryl methyl sites for hydroxylation is 4. The Balaban J connectivity index is 1.90. The molecule has 0 saturated carbocycles. The Kier molecular flexibility index (Phi) is 5.35. The van der Waals surface area contributed by atoms with Crippen LogP contribution in [0.1, 0.15) is 41.6 Å². The molecular weight excluding hydrogens is 278 g/mol. The molecule has 2 rings (SSSR count). The van der Waals surface area contributed by atoms with Crippen LogP contribution in [0.5, 0.6) is 0 Å². The second kappa shape index (κ2) is 7.24. The molecule has 1 amide bonds. The van der Waals surface area contributed by atoms with E-state index in [2.05, 4.69) is 17.0 Å². The first-order valence-corrected chi connectivity index (χ1v) is 7.78. The van der Waals surface area contributed by atoms with Gasteiger partial charge in [-0.1, -0.05) is 6.92 Å². The second-order valence-corrected chi connectivity index (χ2v) is 5.68. The predicted molar refractivity (Wildman–Crippen MR) is 85.7 cm³/mol. The molecule has 0 bridgehead atoms. The third-order valence-corrected chi connectivity index (χ3v) is 3.79. The number of nitrogens with zero attached hydrogens (tertiary/aromatic N) is 5. The largest absolute Gasteiger partial charge is 0.342 e. The van der Waals surface area contributed by atoms with Gasteiger partial charge in [0.15, 0.2) is 0 Å². The third kappa shape index (κ3) is 3.75. The lowest BCUT2D eigenvalue weighted by Crippen LogP contribution is -2.28. The third-order valence-electron chi connectivity index (χ3n) is 3.79. The summed E-state index contributed by atoms with van der Waals surface area (Å²) in [6, 6.07) is 0. The maximum absolute atomic E-state index is 12.5. The van der Waals surface area contributed by atoms with Crippen molar-refractivity contribution in [1.82, 2.24) is 24.2 Å². The fourth-order valence-corrected chi connectivity index (χ4v) is 2.49. The number of rotatable bonds is 7. The molecule has 0 saturated heterocycles. The van der Waals surface area contributed by atoms with Crippen LogP contribution < -0.4 is 0 Å². The van der Waals surface area contributed by atoms with E-state index < -0.39 is 0 Å². The van der Waals surface area contributed by atoms with Gasteiger partial charge in [-0.25, -0.2) is 4.98 Å². The van der Waals surface area contributed by atoms with Crippen LogP contribution in [0, 0.1) is 6.92 Å². The van der Waals surface area contributed by atoms with Gasteiger partial charge in [-0.15, -0.1) is 0 Å². The van der Waals surface area contributed by atoms with Gasteiger partial charge in [-0.2, -0.15) is 5.10 Å². The van der Waals surface area contributed by atoms with Crippen molar-refractivity contribution in [1.29, 1.82) is 0 Å². The van der Waals surface area contributed by atoms with Gasteiger partial charge in [0.05, 0.1) is 11.3 Å². The van der Waals surface area contributed by atoms with Crippen molar-refractivity contribution in [3.63, 3.8) is 0 Å². The quantitative estimate of drug-likeness (QED) is 0.786. The van der Waals surface area contributed by atoms with Crippen LogP contribution in [0.3, 0.4) is 0 Å². The van der Waals surface area contributed by atoms with Gasteiger partial charge in [0.1, 0.15) is 5.82 Å². The maximum atomic E-state index is 12.5. The lowest BCUT2D eigenvalue weighted by molar-refractivity contribution is 0.0792. The zero-order chi connectivity index (χ0) is 16.1. The predicted octanol–water partition coefficient (Wildman–Crippen LogP) is 2.04. The lowest BCUT2D eigenvalue weighted by atomic mass is 10.2. The summed E-state index contributed by atoms with van der Waals surface area (Å²) >= 11 is 0. The molecule has 0 aliphatic heterocycles.